The number of methoxy groups -OCH3 is 1. The summed E-state index contributed by atoms with van der Waals surface area (Å²) in [7, 11) is 1.58. The third-order valence-corrected chi connectivity index (χ3v) is 6.26. The van der Waals surface area contributed by atoms with Crippen molar-refractivity contribution in [3.8, 4) is 22.8 Å². The molecule has 0 radical (unpaired) electrons. The predicted octanol–water partition coefficient (Wildman–Crippen LogP) is 5.94. The molecule has 1 heterocycles. The van der Waals surface area contributed by atoms with Gasteiger partial charge in [0.15, 0.2) is 11.0 Å². The minimum absolute atomic E-state index is 0.156. The number of aromatic nitrogens is 3. The molecule has 4 aromatic rings. The van der Waals surface area contributed by atoms with E-state index in [1.165, 1.54) is 11.8 Å². The van der Waals surface area contributed by atoms with E-state index in [1.807, 2.05) is 85.1 Å². The molecular weight excluding hydrogens is 456 g/mol. The molecule has 6 nitrogen and oxygen atoms in total. The van der Waals surface area contributed by atoms with E-state index in [4.69, 9.17) is 16.3 Å². The van der Waals surface area contributed by atoms with Gasteiger partial charge in [0.25, 0.3) is 0 Å². The van der Waals surface area contributed by atoms with Crippen LogP contribution in [-0.4, -0.2) is 33.5 Å². The molecule has 0 bridgehead atoms. The molecule has 1 amide bonds. The van der Waals surface area contributed by atoms with Gasteiger partial charge in [0.1, 0.15) is 5.75 Å². The zero-order valence-electron chi connectivity index (χ0n) is 18.5. The number of aryl methyl sites for hydroxylation is 2. The van der Waals surface area contributed by atoms with E-state index in [1.54, 1.807) is 7.11 Å². The van der Waals surface area contributed by atoms with Gasteiger partial charge in [-0.25, -0.2) is 0 Å². The molecule has 0 fully saturated rings. The highest BCUT2D eigenvalue weighted by Gasteiger charge is 2.19. The smallest absolute Gasteiger partial charge is 0.234 e. The van der Waals surface area contributed by atoms with Gasteiger partial charge in [-0.05, 0) is 55.8 Å². The molecule has 0 saturated carbocycles. The van der Waals surface area contributed by atoms with Gasteiger partial charge in [0, 0.05) is 11.3 Å². The number of carbonyl (C=O) groups is 1. The fraction of sp³-hybridized carbons (Fsp3) is 0.160. The summed E-state index contributed by atoms with van der Waals surface area (Å²) < 4.78 is 7.28. The zero-order valence-corrected chi connectivity index (χ0v) is 20.1. The first-order valence-corrected chi connectivity index (χ1v) is 11.7. The Labute approximate surface area is 202 Å². The Bertz CT molecular complexity index is 1290. The van der Waals surface area contributed by atoms with Gasteiger partial charge in [-0.1, -0.05) is 59.3 Å². The van der Waals surface area contributed by atoms with Crippen molar-refractivity contribution in [2.75, 3.05) is 18.2 Å². The molecule has 0 aliphatic heterocycles. The van der Waals surface area contributed by atoms with Crippen molar-refractivity contribution >= 4 is 35.0 Å². The predicted molar refractivity (Wildman–Crippen MR) is 134 cm³/mol. The largest absolute Gasteiger partial charge is 0.495 e. The second kappa shape index (κ2) is 10.1. The number of benzene rings is 3. The van der Waals surface area contributed by atoms with Crippen molar-refractivity contribution in [3.05, 3.63) is 82.9 Å². The Morgan fingerprint density at radius 3 is 2.48 bits per heavy atom. The molecule has 0 aliphatic rings. The fourth-order valence-corrected chi connectivity index (χ4v) is 4.32. The van der Waals surface area contributed by atoms with Crippen LogP contribution in [0.1, 0.15) is 11.1 Å². The molecular formula is C25H23ClN4O2S. The minimum atomic E-state index is -0.165. The Hall–Kier alpha value is -3.29. The number of anilines is 1. The summed E-state index contributed by atoms with van der Waals surface area (Å²) in [5.41, 5.74) is 4.48. The van der Waals surface area contributed by atoms with Crippen molar-refractivity contribution in [1.82, 2.24) is 14.8 Å². The topological polar surface area (TPSA) is 69.0 Å². The van der Waals surface area contributed by atoms with Crippen LogP contribution in [0.4, 0.5) is 5.69 Å². The number of halogens is 1. The van der Waals surface area contributed by atoms with Crippen LogP contribution in [0.3, 0.4) is 0 Å². The van der Waals surface area contributed by atoms with Crippen LogP contribution in [0.2, 0.25) is 5.02 Å². The highest BCUT2D eigenvalue weighted by molar-refractivity contribution is 7.99. The van der Waals surface area contributed by atoms with E-state index in [-0.39, 0.29) is 11.7 Å². The first-order valence-electron chi connectivity index (χ1n) is 10.3. The van der Waals surface area contributed by atoms with Gasteiger partial charge in [-0.15, -0.1) is 10.2 Å². The standard InChI is InChI=1S/C25H23ClN4O2S/c1-16-8-11-18(12-9-16)30-24(19-6-4-5-7-20(19)26)28-29-25(30)33-15-23(31)27-21-14-17(2)10-13-22(21)32-3/h4-14H,15H2,1-3H3,(H,27,31). The molecule has 0 unspecified atom stereocenters. The van der Waals surface area contributed by atoms with Gasteiger partial charge in [-0.2, -0.15) is 0 Å². The summed E-state index contributed by atoms with van der Waals surface area (Å²) >= 11 is 7.75. The van der Waals surface area contributed by atoms with Gasteiger partial charge in [0.05, 0.1) is 23.6 Å². The summed E-state index contributed by atoms with van der Waals surface area (Å²) in [6.07, 6.45) is 0. The van der Waals surface area contributed by atoms with Crippen LogP contribution in [-0.2, 0) is 4.79 Å². The Morgan fingerprint density at radius 2 is 1.76 bits per heavy atom. The molecule has 4 rings (SSSR count). The second-order valence-electron chi connectivity index (χ2n) is 7.50. The number of rotatable bonds is 7. The number of ether oxygens (including phenoxy) is 1. The van der Waals surface area contributed by atoms with Crippen molar-refractivity contribution in [2.45, 2.75) is 19.0 Å². The molecule has 8 heteroatoms. The zero-order chi connectivity index (χ0) is 23.4. The molecule has 0 spiro atoms. The van der Waals surface area contributed by atoms with Crippen molar-refractivity contribution in [3.63, 3.8) is 0 Å². The summed E-state index contributed by atoms with van der Waals surface area (Å²) in [6.45, 7) is 3.99. The number of thioether (sulfide) groups is 1. The highest BCUT2D eigenvalue weighted by Crippen LogP contribution is 2.32. The molecule has 168 valence electrons. The first-order chi connectivity index (χ1) is 16.0. The molecule has 0 aliphatic carbocycles. The van der Waals surface area contributed by atoms with E-state index in [2.05, 4.69) is 15.5 Å². The van der Waals surface area contributed by atoms with Crippen LogP contribution in [0.5, 0.6) is 5.75 Å². The normalized spacial score (nSPS) is 10.8. The monoisotopic (exact) mass is 478 g/mol. The summed E-state index contributed by atoms with van der Waals surface area (Å²) in [4.78, 5) is 12.7. The lowest BCUT2D eigenvalue weighted by Gasteiger charge is -2.12. The third kappa shape index (κ3) is 5.21. The summed E-state index contributed by atoms with van der Waals surface area (Å²) in [5.74, 6) is 1.22. The Morgan fingerprint density at radius 1 is 1.03 bits per heavy atom. The SMILES string of the molecule is COc1ccc(C)cc1NC(=O)CSc1nnc(-c2ccccc2Cl)n1-c1ccc(C)cc1. The van der Waals surface area contributed by atoms with Gasteiger partial charge >= 0.3 is 0 Å². The van der Waals surface area contributed by atoms with E-state index >= 15 is 0 Å². The highest BCUT2D eigenvalue weighted by atomic mass is 35.5. The van der Waals surface area contributed by atoms with Crippen molar-refractivity contribution in [2.24, 2.45) is 0 Å². The molecule has 0 saturated heterocycles. The lowest BCUT2D eigenvalue weighted by atomic mass is 10.2. The summed E-state index contributed by atoms with van der Waals surface area (Å²) in [6, 6.07) is 21.2. The lowest BCUT2D eigenvalue weighted by Crippen LogP contribution is -2.15. The minimum Gasteiger partial charge on any atom is -0.495 e. The number of nitrogens with one attached hydrogen (secondary N) is 1. The maximum atomic E-state index is 12.7. The van der Waals surface area contributed by atoms with E-state index < -0.39 is 0 Å². The summed E-state index contributed by atoms with van der Waals surface area (Å²) in [5, 5.41) is 12.9. The Kier molecular flexibility index (Phi) is 7.01. The molecule has 3 aromatic carbocycles. The van der Waals surface area contributed by atoms with E-state index in [0.717, 1.165) is 22.4 Å². The molecule has 1 N–H and O–H groups in total. The fourth-order valence-electron chi connectivity index (χ4n) is 3.34. The molecule has 1 aromatic heterocycles. The number of amides is 1. The van der Waals surface area contributed by atoms with Gasteiger partial charge in [0.2, 0.25) is 5.91 Å². The van der Waals surface area contributed by atoms with Gasteiger partial charge < -0.3 is 10.1 Å². The van der Waals surface area contributed by atoms with Crippen LogP contribution in [0, 0.1) is 13.8 Å². The quantitative estimate of drug-likeness (QED) is 0.333. The average Bonchev–Trinajstić information content (AvgIpc) is 3.22. The first kappa shape index (κ1) is 22.9. The number of nitrogens with zero attached hydrogens (tertiary/aromatic N) is 3. The number of hydrogen-bond acceptors (Lipinski definition) is 5. The Balaban J connectivity index is 1.62. The maximum Gasteiger partial charge on any atom is 0.234 e. The second-order valence-corrected chi connectivity index (χ2v) is 8.85. The lowest BCUT2D eigenvalue weighted by molar-refractivity contribution is -0.113. The van der Waals surface area contributed by atoms with Crippen LogP contribution < -0.4 is 10.1 Å². The number of carbonyl (C=O) groups excluding carboxylic acids is 1. The van der Waals surface area contributed by atoms with E-state index in [0.29, 0.717) is 27.4 Å². The maximum absolute atomic E-state index is 12.7. The van der Waals surface area contributed by atoms with Crippen molar-refractivity contribution < 1.29 is 9.53 Å². The number of hydrogen-bond donors (Lipinski definition) is 1. The van der Waals surface area contributed by atoms with Crippen LogP contribution in [0.15, 0.2) is 71.9 Å². The van der Waals surface area contributed by atoms with Crippen LogP contribution >= 0.6 is 23.4 Å². The van der Waals surface area contributed by atoms with E-state index in [9.17, 15) is 4.79 Å². The molecule has 33 heavy (non-hydrogen) atoms. The van der Waals surface area contributed by atoms with Crippen molar-refractivity contribution in [1.29, 1.82) is 0 Å². The third-order valence-electron chi connectivity index (χ3n) is 5.00. The average molecular weight is 479 g/mol. The molecule has 0 atom stereocenters. The van der Waals surface area contributed by atoms with Gasteiger partial charge in [-0.3, -0.25) is 9.36 Å². The van der Waals surface area contributed by atoms with Crippen LogP contribution in [0.25, 0.3) is 17.1 Å².